The molecule has 2 aromatic heterocycles. The predicted molar refractivity (Wildman–Crippen MR) is 105 cm³/mol. The van der Waals surface area contributed by atoms with Crippen LogP contribution in [0.2, 0.25) is 0 Å². The van der Waals surface area contributed by atoms with Crippen molar-refractivity contribution in [2.24, 2.45) is 0 Å². The normalized spacial score (nSPS) is 12.8. The van der Waals surface area contributed by atoms with E-state index in [2.05, 4.69) is 15.1 Å². The summed E-state index contributed by atoms with van der Waals surface area (Å²) in [7, 11) is 0. The number of halogens is 6. The summed E-state index contributed by atoms with van der Waals surface area (Å²) in [5.74, 6) is -1.11. The van der Waals surface area contributed by atoms with Gasteiger partial charge in [-0.2, -0.15) is 26.3 Å². The van der Waals surface area contributed by atoms with Crippen molar-refractivity contribution in [2.75, 3.05) is 0 Å². The van der Waals surface area contributed by atoms with Gasteiger partial charge in [0.15, 0.2) is 5.82 Å². The topological polar surface area (TPSA) is 69.9 Å². The highest BCUT2D eigenvalue weighted by Crippen LogP contribution is 2.38. The van der Waals surface area contributed by atoms with Crippen molar-refractivity contribution < 1.29 is 35.9 Å². The van der Waals surface area contributed by atoms with E-state index in [0.29, 0.717) is 17.7 Å². The number of hydrogen-bond donors (Lipinski definition) is 0. The van der Waals surface area contributed by atoms with Crippen LogP contribution >= 0.6 is 0 Å². The summed E-state index contributed by atoms with van der Waals surface area (Å²) in [6.45, 7) is 3.28. The third kappa shape index (κ3) is 5.96. The van der Waals surface area contributed by atoms with Crippen LogP contribution in [0.1, 0.15) is 30.5 Å². The van der Waals surface area contributed by atoms with Crippen molar-refractivity contribution in [1.82, 2.24) is 19.7 Å². The molecular formula is C21H16F6N4O2. The molecule has 0 spiro atoms. The predicted octanol–water partition coefficient (Wildman–Crippen LogP) is 5.33. The Balaban J connectivity index is 2.06. The highest BCUT2D eigenvalue weighted by molar-refractivity contribution is 6.20. The maximum absolute atomic E-state index is 13.1. The molecule has 0 aliphatic heterocycles. The zero-order valence-corrected chi connectivity index (χ0v) is 17.1. The van der Waals surface area contributed by atoms with Gasteiger partial charge in [-0.1, -0.05) is 0 Å². The summed E-state index contributed by atoms with van der Waals surface area (Å²) < 4.78 is 85.0. The van der Waals surface area contributed by atoms with E-state index in [-0.39, 0.29) is 11.6 Å². The van der Waals surface area contributed by atoms with Gasteiger partial charge in [-0.05, 0) is 49.7 Å². The van der Waals surface area contributed by atoms with Crippen LogP contribution in [-0.2, 0) is 21.9 Å². The molecule has 1 aromatic carbocycles. The van der Waals surface area contributed by atoms with Crippen molar-refractivity contribution >= 4 is 17.7 Å². The van der Waals surface area contributed by atoms with Gasteiger partial charge in [0.05, 0.1) is 22.8 Å². The minimum absolute atomic E-state index is 0.0177. The Hall–Kier alpha value is -3.70. The zero-order valence-electron chi connectivity index (χ0n) is 17.1. The monoisotopic (exact) mass is 470 g/mol. The van der Waals surface area contributed by atoms with E-state index in [9.17, 15) is 31.1 Å². The second kappa shape index (κ2) is 9.04. The first-order valence-corrected chi connectivity index (χ1v) is 9.39. The number of alkyl halides is 6. The molecular weight excluding hydrogens is 454 g/mol. The Labute approximate surface area is 183 Å². The molecule has 2 heterocycles. The molecule has 0 radical (unpaired) electrons. The van der Waals surface area contributed by atoms with Crippen molar-refractivity contribution in [3.63, 3.8) is 0 Å². The van der Waals surface area contributed by atoms with Crippen molar-refractivity contribution in [2.45, 2.75) is 32.3 Å². The number of rotatable bonds is 5. The maximum Gasteiger partial charge on any atom is 0.416 e. The van der Waals surface area contributed by atoms with Gasteiger partial charge in [-0.3, -0.25) is 4.98 Å². The minimum atomic E-state index is -5.01. The summed E-state index contributed by atoms with van der Waals surface area (Å²) in [5, 5.41) is 3.92. The van der Waals surface area contributed by atoms with Crippen molar-refractivity contribution in [1.29, 1.82) is 0 Å². The van der Waals surface area contributed by atoms with Crippen LogP contribution in [0.25, 0.3) is 23.2 Å². The van der Waals surface area contributed by atoms with E-state index >= 15 is 0 Å². The first-order chi connectivity index (χ1) is 15.3. The number of esters is 1. The highest BCUT2D eigenvalue weighted by atomic mass is 19.4. The molecule has 0 unspecified atom stereocenters. The van der Waals surface area contributed by atoms with Crippen LogP contribution in [0.3, 0.4) is 0 Å². The molecule has 3 rings (SSSR count). The largest absolute Gasteiger partial charge is 0.459 e. The van der Waals surface area contributed by atoms with Gasteiger partial charge in [-0.15, -0.1) is 5.10 Å². The second-order valence-corrected chi connectivity index (χ2v) is 7.08. The highest BCUT2D eigenvalue weighted by Gasteiger charge is 2.37. The SMILES string of the molecule is CC(C)OC(=O)C(=Cn1cnc(-c2cc(C(F)(F)F)cc(C(F)(F)F)c2)n1)c1ccncc1. The van der Waals surface area contributed by atoms with Crippen LogP contribution in [0.5, 0.6) is 0 Å². The number of nitrogens with zero attached hydrogens (tertiary/aromatic N) is 4. The second-order valence-electron chi connectivity index (χ2n) is 7.08. The first kappa shape index (κ1) is 24.0. The van der Waals surface area contributed by atoms with Gasteiger partial charge in [0.2, 0.25) is 0 Å². The first-order valence-electron chi connectivity index (χ1n) is 9.39. The number of carbonyl (C=O) groups is 1. The molecule has 0 amide bonds. The quantitative estimate of drug-likeness (QED) is 0.287. The average Bonchev–Trinajstić information content (AvgIpc) is 3.19. The fraction of sp³-hybridized carbons (Fsp3) is 0.238. The van der Waals surface area contributed by atoms with Gasteiger partial charge in [0.1, 0.15) is 6.33 Å². The Morgan fingerprint density at radius 3 is 2.09 bits per heavy atom. The number of hydrogen-bond acceptors (Lipinski definition) is 5. The molecule has 12 heteroatoms. The van der Waals surface area contributed by atoms with E-state index in [0.717, 1.165) is 11.0 Å². The lowest BCUT2D eigenvalue weighted by Crippen LogP contribution is -2.13. The molecule has 0 aliphatic carbocycles. The lowest BCUT2D eigenvalue weighted by Gasteiger charge is -2.13. The van der Waals surface area contributed by atoms with Gasteiger partial charge >= 0.3 is 18.3 Å². The maximum atomic E-state index is 13.1. The third-order valence-corrected chi connectivity index (χ3v) is 4.17. The molecule has 0 bridgehead atoms. The van der Waals surface area contributed by atoms with E-state index in [4.69, 9.17) is 4.74 Å². The molecule has 33 heavy (non-hydrogen) atoms. The Kier molecular flexibility index (Phi) is 6.56. The van der Waals surface area contributed by atoms with E-state index in [1.165, 1.54) is 30.7 Å². The number of ether oxygens (including phenoxy) is 1. The Morgan fingerprint density at radius 1 is 1.00 bits per heavy atom. The average molecular weight is 470 g/mol. The van der Waals surface area contributed by atoms with Crippen LogP contribution < -0.4 is 0 Å². The minimum Gasteiger partial charge on any atom is -0.459 e. The molecule has 174 valence electrons. The van der Waals surface area contributed by atoms with Crippen LogP contribution in [0.4, 0.5) is 26.3 Å². The molecule has 0 saturated carbocycles. The Bertz CT molecular complexity index is 1140. The van der Waals surface area contributed by atoms with Gasteiger partial charge in [0, 0.05) is 24.2 Å². The van der Waals surface area contributed by atoms with Crippen molar-refractivity contribution in [3.8, 4) is 11.4 Å². The van der Waals surface area contributed by atoms with Gasteiger partial charge in [0.25, 0.3) is 0 Å². The smallest absolute Gasteiger partial charge is 0.416 e. The molecule has 0 aliphatic rings. The Morgan fingerprint density at radius 2 is 1.58 bits per heavy atom. The number of benzene rings is 1. The molecule has 0 N–H and O–H groups in total. The zero-order chi connectivity index (χ0) is 24.4. The van der Waals surface area contributed by atoms with Crippen LogP contribution in [-0.4, -0.2) is 31.8 Å². The van der Waals surface area contributed by atoms with Gasteiger partial charge < -0.3 is 4.74 Å². The summed E-state index contributed by atoms with van der Waals surface area (Å²) in [6.07, 6.45) is -5.34. The lowest BCUT2D eigenvalue weighted by atomic mass is 10.0. The number of aromatic nitrogens is 4. The summed E-state index contributed by atoms with van der Waals surface area (Å²) in [6, 6.07) is 4.11. The molecule has 3 aromatic rings. The summed E-state index contributed by atoms with van der Waals surface area (Å²) in [4.78, 5) is 20.2. The van der Waals surface area contributed by atoms with Crippen LogP contribution in [0.15, 0.2) is 49.1 Å². The van der Waals surface area contributed by atoms with Gasteiger partial charge in [-0.25, -0.2) is 14.5 Å². The summed E-state index contributed by atoms with van der Waals surface area (Å²) >= 11 is 0. The molecule has 0 fully saturated rings. The van der Waals surface area contributed by atoms with E-state index in [1.54, 1.807) is 13.8 Å². The van der Waals surface area contributed by atoms with E-state index < -0.39 is 46.9 Å². The van der Waals surface area contributed by atoms with Crippen LogP contribution in [0, 0.1) is 0 Å². The van der Waals surface area contributed by atoms with E-state index in [1.807, 2.05) is 0 Å². The molecule has 6 nitrogen and oxygen atoms in total. The fourth-order valence-electron chi connectivity index (χ4n) is 2.74. The number of pyridine rings is 1. The molecule has 0 saturated heterocycles. The van der Waals surface area contributed by atoms with Crippen molar-refractivity contribution in [3.05, 3.63) is 65.7 Å². The fourth-order valence-corrected chi connectivity index (χ4v) is 2.74. The third-order valence-electron chi connectivity index (χ3n) is 4.17. The lowest BCUT2D eigenvalue weighted by molar-refractivity contribution is -0.143. The number of carbonyl (C=O) groups excluding carboxylic acids is 1. The molecule has 0 atom stereocenters. The standard InChI is InChI=1S/C21H16F6N4O2/c1-12(2)33-19(32)17(13-3-5-28-6-4-13)10-31-11-29-18(30-31)14-7-15(20(22,23)24)9-16(8-14)21(25,26)27/h3-12H,1-2H3. The summed E-state index contributed by atoms with van der Waals surface area (Å²) in [5.41, 5.74) is -3.03.